The number of halogens is 5. The summed E-state index contributed by atoms with van der Waals surface area (Å²) in [5, 5.41) is 4.62. The number of rotatable bonds is 5. The molecule has 0 aliphatic heterocycles. The molecule has 0 unspecified atom stereocenters. The van der Waals surface area contributed by atoms with Gasteiger partial charge in [-0.3, -0.25) is 0 Å². The molecular formula is C15H11F5N2O3. The lowest BCUT2D eigenvalue weighted by Crippen LogP contribution is -2.20. The third kappa shape index (κ3) is 6.53. The van der Waals surface area contributed by atoms with E-state index in [1.54, 1.807) is 0 Å². The summed E-state index contributed by atoms with van der Waals surface area (Å²) in [5.74, 6) is -0.661. The number of amides is 2. The second kappa shape index (κ2) is 7.69. The Morgan fingerprint density at radius 2 is 1.44 bits per heavy atom. The molecule has 0 saturated carbocycles. The first kappa shape index (κ1) is 18.3. The molecule has 0 heterocycles. The number of carbonyl (C=O) groups excluding carboxylic acids is 1. The zero-order valence-electron chi connectivity index (χ0n) is 12.3. The van der Waals surface area contributed by atoms with Gasteiger partial charge in [-0.1, -0.05) is 12.1 Å². The van der Waals surface area contributed by atoms with Crippen molar-refractivity contribution in [2.24, 2.45) is 0 Å². The molecule has 0 bridgehead atoms. The molecule has 2 N–H and O–H groups in total. The molecule has 2 amide bonds. The van der Waals surface area contributed by atoms with E-state index in [0.29, 0.717) is 0 Å². The molecule has 5 nitrogen and oxygen atoms in total. The molecular weight excluding hydrogens is 351 g/mol. The van der Waals surface area contributed by atoms with E-state index < -0.39 is 24.8 Å². The van der Waals surface area contributed by atoms with Gasteiger partial charge in [-0.25, -0.2) is 4.79 Å². The van der Waals surface area contributed by atoms with Gasteiger partial charge in [0.25, 0.3) is 0 Å². The van der Waals surface area contributed by atoms with Crippen molar-refractivity contribution >= 4 is 17.4 Å². The van der Waals surface area contributed by atoms with Crippen molar-refractivity contribution in [3.8, 4) is 11.5 Å². The molecule has 0 fully saturated rings. The highest BCUT2D eigenvalue weighted by Crippen LogP contribution is 2.25. The highest BCUT2D eigenvalue weighted by molar-refractivity contribution is 5.99. The number of alkyl halides is 5. The van der Waals surface area contributed by atoms with Crippen LogP contribution in [0.2, 0.25) is 0 Å². The van der Waals surface area contributed by atoms with Crippen molar-refractivity contribution in [1.29, 1.82) is 0 Å². The Morgan fingerprint density at radius 1 is 0.920 bits per heavy atom. The van der Waals surface area contributed by atoms with Gasteiger partial charge in [-0.2, -0.15) is 8.78 Å². The molecule has 2 aromatic carbocycles. The maximum absolute atomic E-state index is 12.2. The SMILES string of the molecule is O=C(Nc1cccc(OC(F)F)c1)Nc1cccc(OC(F)(F)F)c1. The first-order valence-electron chi connectivity index (χ1n) is 6.70. The number of hydrogen-bond acceptors (Lipinski definition) is 3. The van der Waals surface area contributed by atoms with Crippen molar-refractivity contribution in [3.63, 3.8) is 0 Å². The second-order valence-corrected chi connectivity index (χ2v) is 4.56. The van der Waals surface area contributed by atoms with E-state index in [1.807, 2.05) is 0 Å². The Morgan fingerprint density at radius 3 is 1.96 bits per heavy atom. The van der Waals surface area contributed by atoms with Crippen molar-refractivity contribution in [3.05, 3.63) is 48.5 Å². The van der Waals surface area contributed by atoms with Crippen molar-refractivity contribution in [2.45, 2.75) is 13.0 Å². The molecule has 134 valence electrons. The molecule has 0 atom stereocenters. The van der Waals surface area contributed by atoms with Crippen molar-refractivity contribution < 1.29 is 36.2 Å². The van der Waals surface area contributed by atoms with Gasteiger partial charge in [-0.15, -0.1) is 13.2 Å². The third-order valence-electron chi connectivity index (χ3n) is 2.64. The van der Waals surface area contributed by atoms with Crippen LogP contribution in [-0.2, 0) is 0 Å². The van der Waals surface area contributed by atoms with Crippen LogP contribution < -0.4 is 20.1 Å². The van der Waals surface area contributed by atoms with E-state index in [1.165, 1.54) is 30.3 Å². The number of nitrogens with one attached hydrogen (secondary N) is 2. The lowest BCUT2D eigenvalue weighted by atomic mass is 10.3. The molecule has 10 heteroatoms. The van der Waals surface area contributed by atoms with E-state index in [9.17, 15) is 26.7 Å². The molecule has 0 aliphatic carbocycles. The van der Waals surface area contributed by atoms with Crippen LogP contribution in [0.25, 0.3) is 0 Å². The topological polar surface area (TPSA) is 59.6 Å². The second-order valence-electron chi connectivity index (χ2n) is 4.56. The highest BCUT2D eigenvalue weighted by Gasteiger charge is 2.31. The van der Waals surface area contributed by atoms with E-state index in [2.05, 4.69) is 20.1 Å². The fourth-order valence-electron chi connectivity index (χ4n) is 1.81. The number of hydrogen-bond donors (Lipinski definition) is 2. The Bertz CT molecular complexity index is 737. The molecule has 2 aromatic rings. The number of anilines is 2. The molecule has 25 heavy (non-hydrogen) atoms. The minimum Gasteiger partial charge on any atom is -0.435 e. The zero-order chi connectivity index (χ0) is 18.4. The molecule has 0 radical (unpaired) electrons. The van der Waals surface area contributed by atoms with Gasteiger partial charge >= 0.3 is 19.0 Å². The molecule has 0 spiro atoms. The highest BCUT2D eigenvalue weighted by atomic mass is 19.4. The van der Waals surface area contributed by atoms with E-state index in [-0.39, 0.29) is 17.1 Å². The Kier molecular flexibility index (Phi) is 5.63. The first-order chi connectivity index (χ1) is 11.7. The van der Waals surface area contributed by atoms with Crippen LogP contribution in [0.4, 0.5) is 38.1 Å². The minimum atomic E-state index is -4.86. The van der Waals surface area contributed by atoms with Crippen LogP contribution in [0.3, 0.4) is 0 Å². The van der Waals surface area contributed by atoms with Gasteiger partial charge in [0.15, 0.2) is 0 Å². The lowest BCUT2D eigenvalue weighted by Gasteiger charge is -2.12. The molecule has 0 aromatic heterocycles. The van der Waals surface area contributed by atoms with Gasteiger partial charge < -0.3 is 20.1 Å². The van der Waals surface area contributed by atoms with Crippen LogP contribution in [0.1, 0.15) is 0 Å². The van der Waals surface area contributed by atoms with Gasteiger partial charge in [0, 0.05) is 23.5 Å². The summed E-state index contributed by atoms with van der Waals surface area (Å²) in [7, 11) is 0. The predicted octanol–water partition coefficient (Wildman–Crippen LogP) is 4.83. The van der Waals surface area contributed by atoms with Gasteiger partial charge in [0.1, 0.15) is 11.5 Å². The Balaban J connectivity index is 1.99. The lowest BCUT2D eigenvalue weighted by molar-refractivity contribution is -0.274. The molecule has 0 aliphatic rings. The smallest absolute Gasteiger partial charge is 0.435 e. The summed E-state index contributed by atoms with van der Waals surface area (Å²) in [6, 6.07) is 9.09. The maximum Gasteiger partial charge on any atom is 0.573 e. The number of benzene rings is 2. The monoisotopic (exact) mass is 362 g/mol. The summed E-state index contributed by atoms with van der Waals surface area (Å²) >= 11 is 0. The van der Waals surface area contributed by atoms with Crippen molar-refractivity contribution in [2.75, 3.05) is 10.6 Å². The van der Waals surface area contributed by atoms with Crippen molar-refractivity contribution in [1.82, 2.24) is 0 Å². The van der Waals surface area contributed by atoms with E-state index in [4.69, 9.17) is 0 Å². The zero-order valence-corrected chi connectivity index (χ0v) is 12.3. The summed E-state index contributed by atoms with van der Waals surface area (Å²) < 4.78 is 68.7. The molecule has 0 saturated heterocycles. The fraction of sp³-hybridized carbons (Fsp3) is 0.133. The average Bonchev–Trinajstić information content (AvgIpc) is 2.45. The summed E-state index contributed by atoms with van der Waals surface area (Å²) in [5.41, 5.74) is 0.192. The summed E-state index contributed by atoms with van der Waals surface area (Å²) in [6.07, 6.45) is -4.86. The van der Waals surface area contributed by atoms with E-state index >= 15 is 0 Å². The van der Waals surface area contributed by atoms with Crippen LogP contribution >= 0.6 is 0 Å². The van der Waals surface area contributed by atoms with Crippen LogP contribution in [0.5, 0.6) is 11.5 Å². The quantitative estimate of drug-likeness (QED) is 0.749. The van der Waals surface area contributed by atoms with E-state index in [0.717, 1.165) is 18.2 Å². The predicted molar refractivity (Wildman–Crippen MR) is 78.8 cm³/mol. The summed E-state index contributed by atoms with van der Waals surface area (Å²) in [4.78, 5) is 11.8. The maximum atomic E-state index is 12.2. The minimum absolute atomic E-state index is 0.0410. The normalized spacial score (nSPS) is 11.1. The summed E-state index contributed by atoms with van der Waals surface area (Å²) in [6.45, 7) is -3.01. The number of ether oxygens (including phenoxy) is 2. The molecule has 2 rings (SSSR count). The fourth-order valence-corrected chi connectivity index (χ4v) is 1.81. The standard InChI is InChI=1S/C15H11F5N2O3/c16-13(17)24-11-5-1-3-9(7-11)21-14(23)22-10-4-2-6-12(8-10)25-15(18,19)20/h1-8,13H,(H2,21,22,23). The Hall–Kier alpha value is -3.04. The van der Waals surface area contributed by atoms with Crippen LogP contribution in [-0.4, -0.2) is 19.0 Å². The van der Waals surface area contributed by atoms with Gasteiger partial charge in [-0.05, 0) is 24.3 Å². The van der Waals surface area contributed by atoms with Gasteiger partial charge in [0.2, 0.25) is 0 Å². The van der Waals surface area contributed by atoms with Gasteiger partial charge in [0.05, 0.1) is 0 Å². The largest absolute Gasteiger partial charge is 0.573 e. The number of urea groups is 1. The third-order valence-corrected chi connectivity index (χ3v) is 2.64. The first-order valence-corrected chi connectivity index (χ1v) is 6.70. The number of carbonyl (C=O) groups is 1. The Labute approximate surface area is 138 Å². The van der Waals surface area contributed by atoms with Crippen LogP contribution in [0, 0.1) is 0 Å². The average molecular weight is 362 g/mol. The van der Waals surface area contributed by atoms with Crippen LogP contribution in [0.15, 0.2) is 48.5 Å².